The Hall–Kier alpha value is -2.83. The number of ether oxygens (including phenoxy) is 1. The fraction of sp³-hybridized carbons (Fsp3) is 0.542. The summed E-state index contributed by atoms with van der Waals surface area (Å²) in [5, 5.41) is 5.48. The van der Waals surface area contributed by atoms with Gasteiger partial charge in [0, 0.05) is 12.6 Å². The molecule has 1 aliphatic rings. The molecule has 31 heavy (non-hydrogen) atoms. The predicted molar refractivity (Wildman–Crippen MR) is 121 cm³/mol. The third-order valence-electron chi connectivity index (χ3n) is 4.83. The quantitative estimate of drug-likeness (QED) is 0.554. The Morgan fingerprint density at radius 2 is 1.97 bits per heavy atom. The van der Waals surface area contributed by atoms with E-state index < -0.39 is 17.7 Å². The van der Waals surface area contributed by atoms with Crippen LogP contribution in [-0.2, 0) is 14.3 Å². The zero-order valence-corrected chi connectivity index (χ0v) is 19.1. The first-order valence-corrected chi connectivity index (χ1v) is 10.9. The van der Waals surface area contributed by atoms with Gasteiger partial charge in [0.15, 0.2) is 0 Å². The van der Waals surface area contributed by atoms with Gasteiger partial charge in [-0.1, -0.05) is 44.2 Å². The van der Waals surface area contributed by atoms with Crippen molar-refractivity contribution in [2.24, 2.45) is 0 Å². The third-order valence-corrected chi connectivity index (χ3v) is 4.83. The number of carbonyl (C=O) groups excluding carboxylic acids is 3. The van der Waals surface area contributed by atoms with Crippen LogP contribution in [-0.4, -0.2) is 47.5 Å². The molecule has 1 aromatic carbocycles. The van der Waals surface area contributed by atoms with Crippen LogP contribution in [0.2, 0.25) is 0 Å². The van der Waals surface area contributed by atoms with Crippen LogP contribution >= 0.6 is 0 Å². The third kappa shape index (κ3) is 7.74. The Labute approximate surface area is 185 Å². The molecule has 0 saturated heterocycles. The van der Waals surface area contributed by atoms with E-state index in [1.807, 2.05) is 24.3 Å². The maximum Gasteiger partial charge on any atom is 0.408 e. The first-order chi connectivity index (χ1) is 14.7. The second kappa shape index (κ2) is 11.0. The van der Waals surface area contributed by atoms with Gasteiger partial charge in [0.25, 0.3) is 0 Å². The molecule has 1 aromatic rings. The first kappa shape index (κ1) is 24.4. The van der Waals surface area contributed by atoms with Crippen molar-refractivity contribution in [1.82, 2.24) is 15.5 Å². The Balaban J connectivity index is 2.24. The molecule has 3 amide bonds. The van der Waals surface area contributed by atoms with Crippen LogP contribution in [0.5, 0.6) is 0 Å². The van der Waals surface area contributed by atoms with Gasteiger partial charge < -0.3 is 20.3 Å². The summed E-state index contributed by atoms with van der Waals surface area (Å²) in [5.41, 5.74) is 0.943. The molecule has 0 heterocycles. The van der Waals surface area contributed by atoms with Crippen LogP contribution in [0.15, 0.2) is 30.8 Å². The van der Waals surface area contributed by atoms with E-state index in [4.69, 9.17) is 4.74 Å². The van der Waals surface area contributed by atoms with Crippen molar-refractivity contribution in [2.45, 2.75) is 71.1 Å². The van der Waals surface area contributed by atoms with Crippen LogP contribution < -0.4 is 10.6 Å². The maximum atomic E-state index is 13.2. The van der Waals surface area contributed by atoms with Gasteiger partial charge in [-0.2, -0.15) is 0 Å². The molecule has 0 radical (unpaired) electrons. The van der Waals surface area contributed by atoms with E-state index in [0.29, 0.717) is 6.54 Å². The number of carbonyl (C=O) groups is 3. The van der Waals surface area contributed by atoms with E-state index >= 15 is 0 Å². The summed E-state index contributed by atoms with van der Waals surface area (Å²) in [4.78, 5) is 40.0. The molecule has 7 nitrogen and oxygen atoms in total. The van der Waals surface area contributed by atoms with Crippen molar-refractivity contribution < 1.29 is 19.1 Å². The smallest absolute Gasteiger partial charge is 0.408 e. The fourth-order valence-electron chi connectivity index (χ4n) is 3.24. The zero-order valence-electron chi connectivity index (χ0n) is 19.1. The summed E-state index contributed by atoms with van der Waals surface area (Å²) >= 11 is 0. The lowest BCUT2D eigenvalue weighted by Crippen LogP contribution is -2.49. The number of nitrogens with zero attached hydrogens (tertiary/aromatic N) is 1. The number of amides is 3. The zero-order chi connectivity index (χ0) is 23.0. The number of rotatable bonds is 10. The van der Waals surface area contributed by atoms with Crippen molar-refractivity contribution >= 4 is 24.0 Å². The summed E-state index contributed by atoms with van der Waals surface area (Å²) in [7, 11) is 0. The normalized spacial score (nSPS) is 14.3. The Morgan fingerprint density at radius 1 is 1.26 bits per heavy atom. The minimum absolute atomic E-state index is 0.0257. The van der Waals surface area contributed by atoms with Crippen molar-refractivity contribution in [3.05, 3.63) is 42.0 Å². The summed E-state index contributed by atoms with van der Waals surface area (Å²) < 4.78 is 5.22. The fourth-order valence-corrected chi connectivity index (χ4v) is 3.24. The van der Waals surface area contributed by atoms with E-state index in [9.17, 15) is 14.4 Å². The Morgan fingerprint density at radius 3 is 2.55 bits per heavy atom. The van der Waals surface area contributed by atoms with Crippen molar-refractivity contribution in [1.29, 1.82) is 0 Å². The monoisotopic (exact) mass is 429 g/mol. The molecule has 1 aliphatic carbocycles. The average Bonchev–Trinajstić information content (AvgIpc) is 3.54. The highest BCUT2D eigenvalue weighted by atomic mass is 16.6. The maximum absolute atomic E-state index is 13.2. The Bertz CT molecular complexity index is 796. The van der Waals surface area contributed by atoms with Gasteiger partial charge in [0.2, 0.25) is 11.8 Å². The average molecular weight is 430 g/mol. The molecular formula is C24H35N3O4. The lowest BCUT2D eigenvalue weighted by molar-refractivity contribution is -0.140. The van der Waals surface area contributed by atoms with E-state index in [1.165, 1.54) is 0 Å². The number of unbranched alkanes of at least 4 members (excludes halogenated alkanes) is 1. The molecule has 7 heteroatoms. The van der Waals surface area contributed by atoms with E-state index in [-0.39, 0.29) is 24.4 Å². The van der Waals surface area contributed by atoms with Gasteiger partial charge in [0.05, 0.1) is 0 Å². The molecule has 0 bridgehead atoms. The number of benzene rings is 1. The van der Waals surface area contributed by atoms with Gasteiger partial charge in [-0.05, 0) is 57.2 Å². The second-order valence-electron chi connectivity index (χ2n) is 8.81. The molecule has 1 saturated carbocycles. The minimum Gasteiger partial charge on any atom is -0.444 e. The topological polar surface area (TPSA) is 87.7 Å². The van der Waals surface area contributed by atoms with E-state index in [0.717, 1.165) is 36.8 Å². The van der Waals surface area contributed by atoms with E-state index in [1.54, 1.807) is 31.7 Å². The van der Waals surface area contributed by atoms with Crippen LogP contribution in [0.4, 0.5) is 4.79 Å². The highest BCUT2D eigenvalue weighted by Crippen LogP contribution is 2.35. The molecule has 2 N–H and O–H groups in total. The lowest BCUT2D eigenvalue weighted by atomic mass is 10.0. The minimum atomic E-state index is -0.766. The van der Waals surface area contributed by atoms with Crippen molar-refractivity contribution in [3.8, 4) is 0 Å². The highest BCUT2D eigenvalue weighted by molar-refractivity contribution is 5.91. The SMILES string of the molecule is C=Cc1cccc(C(C(=O)NCCCC)N(C(=O)CNC(=O)OC(C)(C)C)C2CC2)c1. The summed E-state index contributed by atoms with van der Waals surface area (Å²) in [5.74, 6) is -0.528. The van der Waals surface area contributed by atoms with Crippen LogP contribution in [0.1, 0.15) is 70.5 Å². The summed E-state index contributed by atoms with van der Waals surface area (Å²) in [6, 6.07) is 6.69. The number of nitrogens with one attached hydrogen (secondary N) is 2. The summed E-state index contributed by atoms with van der Waals surface area (Å²) in [6.45, 7) is 11.4. The second-order valence-corrected chi connectivity index (χ2v) is 8.81. The van der Waals surface area contributed by atoms with Crippen LogP contribution in [0, 0.1) is 0 Å². The van der Waals surface area contributed by atoms with Crippen molar-refractivity contribution in [2.75, 3.05) is 13.1 Å². The Kier molecular flexibility index (Phi) is 8.65. The van der Waals surface area contributed by atoms with Crippen molar-refractivity contribution in [3.63, 3.8) is 0 Å². The van der Waals surface area contributed by atoms with E-state index in [2.05, 4.69) is 24.1 Å². The van der Waals surface area contributed by atoms with Gasteiger partial charge in [-0.25, -0.2) is 4.79 Å². The van der Waals surface area contributed by atoms with Crippen LogP contribution in [0.3, 0.4) is 0 Å². The first-order valence-electron chi connectivity index (χ1n) is 10.9. The molecule has 170 valence electrons. The molecular weight excluding hydrogens is 394 g/mol. The molecule has 0 aromatic heterocycles. The van der Waals surface area contributed by atoms with Gasteiger partial charge >= 0.3 is 6.09 Å². The lowest BCUT2D eigenvalue weighted by Gasteiger charge is -2.32. The molecule has 2 rings (SSSR count). The molecule has 1 unspecified atom stereocenters. The number of hydrogen-bond acceptors (Lipinski definition) is 4. The largest absolute Gasteiger partial charge is 0.444 e. The highest BCUT2D eigenvalue weighted by Gasteiger charge is 2.41. The van der Waals surface area contributed by atoms with Crippen LogP contribution in [0.25, 0.3) is 6.08 Å². The molecule has 0 aliphatic heterocycles. The molecule has 0 spiro atoms. The van der Waals surface area contributed by atoms with Gasteiger partial charge in [-0.3, -0.25) is 9.59 Å². The number of alkyl carbamates (subject to hydrolysis) is 1. The standard InChI is InChI=1S/C24H35N3O4/c1-6-8-14-25-22(29)21(18-11-9-10-17(7-2)15-18)27(19-12-13-19)20(28)16-26-23(30)31-24(3,4)5/h7,9-11,15,19,21H,2,6,8,12-14,16H2,1,3-5H3,(H,25,29)(H,26,30). The molecule has 1 atom stereocenters. The number of hydrogen-bond donors (Lipinski definition) is 2. The molecule has 1 fully saturated rings. The summed E-state index contributed by atoms with van der Waals surface area (Å²) in [6.07, 6.45) is 4.54. The predicted octanol–water partition coefficient (Wildman–Crippen LogP) is 3.80. The van der Waals surface area contributed by atoms with Gasteiger partial charge in [0.1, 0.15) is 18.2 Å². The van der Waals surface area contributed by atoms with Gasteiger partial charge in [-0.15, -0.1) is 0 Å².